The van der Waals surface area contributed by atoms with E-state index in [4.69, 9.17) is 5.11 Å². The molecule has 1 heterocycles. The molecule has 0 radical (unpaired) electrons. The number of carbonyl (C=O) groups excluding carboxylic acids is 2. The van der Waals surface area contributed by atoms with E-state index in [-0.39, 0.29) is 24.3 Å². The topological polar surface area (TPSA) is 69.6 Å². The van der Waals surface area contributed by atoms with Gasteiger partial charge in [0.05, 0.1) is 5.92 Å². The molecular weight excluding hydrogens is 256 g/mol. The Hall–Kier alpha value is -1.10. The Morgan fingerprint density at radius 2 is 2.10 bits per heavy atom. The number of aliphatic hydroxyl groups is 1. The van der Waals surface area contributed by atoms with Crippen LogP contribution in [0, 0.1) is 17.8 Å². The van der Waals surface area contributed by atoms with Gasteiger partial charge in [0.25, 0.3) is 0 Å². The quantitative estimate of drug-likeness (QED) is 0.733. The van der Waals surface area contributed by atoms with Crippen molar-refractivity contribution in [1.82, 2.24) is 10.2 Å². The van der Waals surface area contributed by atoms with Crippen molar-refractivity contribution >= 4 is 11.8 Å². The Bertz CT molecular complexity index is 331. The van der Waals surface area contributed by atoms with Crippen LogP contribution in [0.4, 0.5) is 0 Å². The van der Waals surface area contributed by atoms with Gasteiger partial charge in [0.2, 0.25) is 11.8 Å². The lowest BCUT2D eigenvalue weighted by atomic mass is 9.94. The minimum absolute atomic E-state index is 0.0401. The number of amides is 2. The summed E-state index contributed by atoms with van der Waals surface area (Å²) in [5.74, 6) is 0.892. The Morgan fingerprint density at radius 3 is 2.60 bits per heavy atom. The van der Waals surface area contributed by atoms with Crippen molar-refractivity contribution in [2.45, 2.75) is 40.0 Å². The van der Waals surface area contributed by atoms with Crippen molar-refractivity contribution in [3.8, 4) is 0 Å². The number of nitrogens with zero attached hydrogens (tertiary/aromatic N) is 1. The number of nitrogens with one attached hydrogen (secondary N) is 1. The fraction of sp³-hybridized carbons (Fsp3) is 0.867. The van der Waals surface area contributed by atoms with E-state index in [1.54, 1.807) is 11.8 Å². The summed E-state index contributed by atoms with van der Waals surface area (Å²) in [6.45, 7) is 7.83. The summed E-state index contributed by atoms with van der Waals surface area (Å²) < 4.78 is 0. The summed E-state index contributed by atoms with van der Waals surface area (Å²) in [6.07, 6.45) is 2.48. The Labute approximate surface area is 121 Å². The normalized spacial score (nSPS) is 20.2. The third kappa shape index (κ3) is 5.49. The van der Waals surface area contributed by atoms with Gasteiger partial charge in [-0.1, -0.05) is 13.8 Å². The molecule has 1 saturated heterocycles. The molecule has 1 aliphatic rings. The van der Waals surface area contributed by atoms with E-state index in [0.717, 1.165) is 19.3 Å². The molecule has 0 bridgehead atoms. The molecule has 2 amide bonds. The van der Waals surface area contributed by atoms with E-state index >= 15 is 0 Å². The standard InChI is InChI=1S/C15H28N2O3/c1-11(2)8-13(5-7-18)9-16-15(20)14-4-6-17(10-14)12(3)19/h11,13-14,18H,4-10H2,1-3H3,(H,16,20). The van der Waals surface area contributed by atoms with Crippen molar-refractivity contribution in [2.75, 3.05) is 26.2 Å². The summed E-state index contributed by atoms with van der Waals surface area (Å²) in [6, 6.07) is 0. The van der Waals surface area contributed by atoms with Crippen molar-refractivity contribution in [3.05, 3.63) is 0 Å². The number of aliphatic hydroxyl groups excluding tert-OH is 1. The first-order chi connectivity index (χ1) is 9.43. The molecule has 0 aromatic rings. The molecule has 116 valence electrons. The summed E-state index contributed by atoms with van der Waals surface area (Å²) >= 11 is 0. The van der Waals surface area contributed by atoms with Gasteiger partial charge in [-0.3, -0.25) is 9.59 Å². The zero-order valence-electron chi connectivity index (χ0n) is 12.9. The molecule has 0 aromatic carbocycles. The Balaban J connectivity index is 2.36. The minimum atomic E-state index is -0.0762. The van der Waals surface area contributed by atoms with Crippen LogP contribution in [0.2, 0.25) is 0 Å². The average Bonchev–Trinajstić information content (AvgIpc) is 2.85. The summed E-state index contributed by atoms with van der Waals surface area (Å²) in [5.41, 5.74) is 0. The van der Waals surface area contributed by atoms with Gasteiger partial charge in [-0.05, 0) is 31.1 Å². The van der Waals surface area contributed by atoms with Crippen LogP contribution in [-0.4, -0.2) is 48.1 Å². The number of likely N-dealkylation sites (tertiary alicyclic amines) is 1. The van der Waals surface area contributed by atoms with E-state index in [1.807, 2.05) is 0 Å². The van der Waals surface area contributed by atoms with Gasteiger partial charge in [0, 0.05) is 33.2 Å². The highest BCUT2D eigenvalue weighted by Gasteiger charge is 2.29. The molecule has 0 saturated carbocycles. The minimum Gasteiger partial charge on any atom is -0.396 e. The van der Waals surface area contributed by atoms with E-state index in [1.165, 1.54) is 0 Å². The smallest absolute Gasteiger partial charge is 0.224 e. The van der Waals surface area contributed by atoms with Crippen LogP contribution in [-0.2, 0) is 9.59 Å². The SMILES string of the molecule is CC(=O)N1CCC(C(=O)NCC(CCO)CC(C)C)C1. The van der Waals surface area contributed by atoms with Gasteiger partial charge in [-0.15, -0.1) is 0 Å². The van der Waals surface area contributed by atoms with Crippen LogP contribution in [0.25, 0.3) is 0 Å². The maximum absolute atomic E-state index is 12.1. The summed E-state index contributed by atoms with van der Waals surface area (Å²) in [4.78, 5) is 25.1. The first-order valence-electron chi connectivity index (χ1n) is 7.58. The van der Waals surface area contributed by atoms with Crippen molar-refractivity contribution in [1.29, 1.82) is 0 Å². The van der Waals surface area contributed by atoms with E-state index in [0.29, 0.717) is 31.5 Å². The Morgan fingerprint density at radius 1 is 1.40 bits per heavy atom. The van der Waals surface area contributed by atoms with Crippen molar-refractivity contribution in [3.63, 3.8) is 0 Å². The van der Waals surface area contributed by atoms with Gasteiger partial charge in [-0.2, -0.15) is 0 Å². The first-order valence-corrected chi connectivity index (χ1v) is 7.58. The van der Waals surface area contributed by atoms with Crippen molar-refractivity contribution in [2.24, 2.45) is 17.8 Å². The molecule has 5 nitrogen and oxygen atoms in total. The summed E-state index contributed by atoms with van der Waals surface area (Å²) in [5, 5.41) is 12.1. The molecule has 0 aromatic heterocycles. The monoisotopic (exact) mass is 284 g/mol. The fourth-order valence-electron chi connectivity index (χ4n) is 2.80. The van der Waals surface area contributed by atoms with Crippen molar-refractivity contribution < 1.29 is 14.7 Å². The van der Waals surface area contributed by atoms with Gasteiger partial charge in [0.1, 0.15) is 0 Å². The molecule has 2 atom stereocenters. The largest absolute Gasteiger partial charge is 0.396 e. The molecule has 1 fully saturated rings. The van der Waals surface area contributed by atoms with E-state index in [9.17, 15) is 9.59 Å². The fourth-order valence-corrected chi connectivity index (χ4v) is 2.80. The second-order valence-corrected chi connectivity index (χ2v) is 6.20. The molecule has 5 heteroatoms. The maximum atomic E-state index is 12.1. The van der Waals surface area contributed by atoms with E-state index < -0.39 is 0 Å². The second kappa shape index (κ2) is 8.25. The second-order valence-electron chi connectivity index (χ2n) is 6.20. The average molecular weight is 284 g/mol. The third-order valence-electron chi connectivity index (χ3n) is 3.91. The molecule has 1 aliphatic heterocycles. The van der Waals surface area contributed by atoms with Gasteiger partial charge < -0.3 is 15.3 Å². The van der Waals surface area contributed by atoms with E-state index in [2.05, 4.69) is 19.2 Å². The molecule has 20 heavy (non-hydrogen) atoms. The zero-order valence-corrected chi connectivity index (χ0v) is 12.9. The van der Waals surface area contributed by atoms with Crippen LogP contribution < -0.4 is 5.32 Å². The molecule has 0 aliphatic carbocycles. The molecule has 0 spiro atoms. The summed E-state index contributed by atoms with van der Waals surface area (Å²) in [7, 11) is 0. The number of carbonyl (C=O) groups is 2. The van der Waals surface area contributed by atoms with Crippen LogP contribution in [0.3, 0.4) is 0 Å². The van der Waals surface area contributed by atoms with Crippen LogP contribution in [0.5, 0.6) is 0 Å². The lowest BCUT2D eigenvalue weighted by molar-refractivity contribution is -0.128. The molecule has 2 unspecified atom stereocenters. The highest BCUT2D eigenvalue weighted by Crippen LogP contribution is 2.18. The zero-order chi connectivity index (χ0) is 15.1. The lowest BCUT2D eigenvalue weighted by Crippen LogP contribution is -2.37. The Kier molecular flexibility index (Phi) is 6.99. The predicted octanol–water partition coefficient (Wildman–Crippen LogP) is 1.02. The highest BCUT2D eigenvalue weighted by molar-refractivity contribution is 5.81. The third-order valence-corrected chi connectivity index (χ3v) is 3.91. The van der Waals surface area contributed by atoms with Gasteiger partial charge in [0.15, 0.2) is 0 Å². The van der Waals surface area contributed by atoms with Gasteiger partial charge >= 0.3 is 0 Å². The first kappa shape index (κ1) is 17.0. The number of rotatable bonds is 7. The molecular formula is C15H28N2O3. The molecule has 2 N–H and O–H groups in total. The molecule has 1 rings (SSSR count). The number of hydrogen-bond donors (Lipinski definition) is 2. The van der Waals surface area contributed by atoms with Gasteiger partial charge in [-0.25, -0.2) is 0 Å². The predicted molar refractivity (Wildman–Crippen MR) is 78.0 cm³/mol. The lowest BCUT2D eigenvalue weighted by Gasteiger charge is -2.20. The maximum Gasteiger partial charge on any atom is 0.224 e. The highest BCUT2D eigenvalue weighted by atomic mass is 16.3. The van der Waals surface area contributed by atoms with Crippen LogP contribution in [0.15, 0.2) is 0 Å². The number of hydrogen-bond acceptors (Lipinski definition) is 3. The van der Waals surface area contributed by atoms with Crippen LogP contribution in [0.1, 0.15) is 40.0 Å². The van der Waals surface area contributed by atoms with Crippen LogP contribution >= 0.6 is 0 Å².